The summed E-state index contributed by atoms with van der Waals surface area (Å²) in [5, 5.41) is 34.0. The van der Waals surface area contributed by atoms with Gasteiger partial charge in [-0.25, -0.2) is 4.79 Å². The van der Waals surface area contributed by atoms with Crippen LogP contribution in [0.4, 0.5) is 34.1 Å². The zero-order valence-corrected chi connectivity index (χ0v) is 31.1. The highest BCUT2D eigenvalue weighted by Gasteiger charge is 2.15. The first-order valence-electron chi connectivity index (χ1n) is 16.7. The number of hydrogen-bond acceptors (Lipinski definition) is 11. The summed E-state index contributed by atoms with van der Waals surface area (Å²) in [4.78, 5) is 10.4. The van der Waals surface area contributed by atoms with Gasteiger partial charge in [0.15, 0.2) is 0 Å². The number of benzene rings is 6. The van der Waals surface area contributed by atoms with Gasteiger partial charge >= 0.3 is 5.97 Å². The average molecular weight is 799 g/mol. The maximum absolute atomic E-state index is 12.3. The van der Waals surface area contributed by atoms with Crippen molar-refractivity contribution in [2.45, 2.75) is 9.79 Å². The summed E-state index contributed by atoms with van der Waals surface area (Å²) in [5.74, 6) is -1.02. The van der Waals surface area contributed by atoms with E-state index in [0.29, 0.717) is 34.0 Å². The molecule has 0 saturated heterocycles. The van der Waals surface area contributed by atoms with Crippen molar-refractivity contribution in [3.8, 4) is 0 Å². The van der Waals surface area contributed by atoms with Crippen LogP contribution in [0.25, 0.3) is 24.3 Å². The van der Waals surface area contributed by atoms with Gasteiger partial charge in [0.1, 0.15) is 9.79 Å². The van der Waals surface area contributed by atoms with Crippen molar-refractivity contribution in [1.29, 1.82) is 0 Å². The van der Waals surface area contributed by atoms with Crippen LogP contribution in [0.3, 0.4) is 0 Å². The first kappa shape index (κ1) is 39.6. The normalized spacial score (nSPS) is 12.5. The minimum absolute atomic E-state index is 0.161. The summed E-state index contributed by atoms with van der Waals surface area (Å²) < 4.78 is 67.3. The van der Waals surface area contributed by atoms with Crippen molar-refractivity contribution in [1.82, 2.24) is 0 Å². The van der Waals surface area contributed by atoms with Crippen LogP contribution in [0.1, 0.15) is 32.6 Å². The summed E-state index contributed by atoms with van der Waals surface area (Å²) in [5.41, 5.74) is 5.03. The molecule has 0 heterocycles. The highest BCUT2D eigenvalue weighted by molar-refractivity contribution is 7.86. The molecule has 0 atom stereocenters. The molecule has 0 radical (unpaired) electrons. The smallest absolute Gasteiger partial charge is 0.335 e. The van der Waals surface area contributed by atoms with E-state index in [1.807, 2.05) is 0 Å². The van der Waals surface area contributed by atoms with Gasteiger partial charge in [-0.2, -0.15) is 47.5 Å². The van der Waals surface area contributed by atoms with E-state index in [2.05, 4.69) is 30.7 Å². The quantitative estimate of drug-likeness (QED) is 0.0578. The summed E-state index contributed by atoms with van der Waals surface area (Å²) in [7, 11) is -9.01. The minimum atomic E-state index is -4.62. The fraction of sp³-hybridized carbons (Fsp3) is 0. The van der Waals surface area contributed by atoms with Crippen molar-refractivity contribution >= 4 is 84.6 Å². The van der Waals surface area contributed by atoms with Gasteiger partial charge in [-0.1, -0.05) is 72.8 Å². The molecule has 16 heteroatoms. The largest absolute Gasteiger partial charge is 0.478 e. The van der Waals surface area contributed by atoms with Gasteiger partial charge in [-0.15, -0.1) is 0 Å². The number of carboxylic acid groups (broad SMARTS) is 1. The Kier molecular flexibility index (Phi) is 12.2. The molecule has 284 valence electrons. The van der Waals surface area contributed by atoms with E-state index in [9.17, 15) is 30.7 Å². The highest BCUT2D eigenvalue weighted by Crippen LogP contribution is 2.28. The van der Waals surface area contributed by atoms with E-state index in [4.69, 9.17) is 5.11 Å². The molecule has 0 bridgehead atoms. The van der Waals surface area contributed by atoms with E-state index in [-0.39, 0.29) is 26.6 Å². The molecular formula is C41H30N6O8S2. The standard InChI is InChI=1S/C41H30N6O8S2/c48-41(49)32-14-20-35(21-15-32)43-45-37-25-23-36(24-26-37)44-42-33-16-7-29(8-17-33)6-12-31-13-22-38(27-40(31)57(53,54)55)47-46-34-18-9-28(10-19-34)5-11-30-3-1-2-4-39(30)56(50,51)52/h1-27H,(H,48,49)(H,50,51,52)(H,53,54,55). The fourth-order valence-electron chi connectivity index (χ4n) is 5.08. The topological polar surface area (TPSA) is 220 Å². The Morgan fingerprint density at radius 1 is 0.421 bits per heavy atom. The Balaban J connectivity index is 1.07. The van der Waals surface area contributed by atoms with Crippen molar-refractivity contribution in [3.63, 3.8) is 0 Å². The number of azo groups is 3. The molecule has 0 fully saturated rings. The Morgan fingerprint density at radius 3 is 1.19 bits per heavy atom. The predicted molar refractivity (Wildman–Crippen MR) is 216 cm³/mol. The molecule has 0 aliphatic heterocycles. The molecule has 3 N–H and O–H groups in total. The van der Waals surface area contributed by atoms with Crippen molar-refractivity contribution in [3.05, 3.63) is 167 Å². The molecule has 0 aromatic heterocycles. The molecule has 6 rings (SSSR count). The Hall–Kier alpha value is -7.11. The lowest BCUT2D eigenvalue weighted by Crippen LogP contribution is -2.00. The zero-order valence-electron chi connectivity index (χ0n) is 29.5. The van der Waals surface area contributed by atoms with Crippen LogP contribution in [0.5, 0.6) is 0 Å². The first-order chi connectivity index (χ1) is 27.3. The molecule has 0 aliphatic carbocycles. The second-order valence-corrected chi connectivity index (χ2v) is 14.8. The minimum Gasteiger partial charge on any atom is -0.478 e. The lowest BCUT2D eigenvalue weighted by atomic mass is 10.1. The molecule has 6 aromatic carbocycles. The highest BCUT2D eigenvalue weighted by atomic mass is 32.2. The number of rotatable bonds is 13. The molecular weight excluding hydrogens is 769 g/mol. The van der Waals surface area contributed by atoms with Crippen molar-refractivity contribution < 1.29 is 35.8 Å². The van der Waals surface area contributed by atoms with Crippen molar-refractivity contribution in [2.24, 2.45) is 30.7 Å². The molecule has 0 aliphatic rings. The van der Waals surface area contributed by atoms with E-state index < -0.39 is 26.2 Å². The summed E-state index contributed by atoms with van der Waals surface area (Å²) in [6.45, 7) is 0. The van der Waals surface area contributed by atoms with Gasteiger partial charge in [-0.3, -0.25) is 9.11 Å². The zero-order chi connectivity index (χ0) is 40.4. The van der Waals surface area contributed by atoms with Crippen LogP contribution in [-0.4, -0.2) is 37.0 Å². The van der Waals surface area contributed by atoms with Crippen LogP contribution in [0.15, 0.2) is 180 Å². The third kappa shape index (κ3) is 11.2. The SMILES string of the molecule is O=C(O)c1ccc(N=Nc2ccc(N=Nc3ccc(C=Cc4ccc(N=Nc5ccc(C=Cc6ccccc6S(=O)(=O)O)cc5)cc4S(=O)(=O)O)cc3)cc2)cc1. The number of hydrogen-bond donors (Lipinski definition) is 3. The summed E-state index contributed by atoms with van der Waals surface area (Å²) >= 11 is 0. The molecule has 14 nitrogen and oxygen atoms in total. The Morgan fingerprint density at radius 2 is 0.772 bits per heavy atom. The van der Waals surface area contributed by atoms with Crippen LogP contribution in [0.2, 0.25) is 0 Å². The number of nitrogens with zero attached hydrogens (tertiary/aromatic N) is 6. The van der Waals surface area contributed by atoms with Gasteiger partial charge in [0, 0.05) is 0 Å². The molecule has 0 saturated carbocycles. The monoisotopic (exact) mass is 798 g/mol. The van der Waals surface area contributed by atoms with Gasteiger partial charge in [-0.05, 0) is 113 Å². The molecule has 0 amide bonds. The predicted octanol–water partition coefficient (Wildman–Crippen LogP) is 11.5. The molecule has 0 spiro atoms. The summed E-state index contributed by atoms with van der Waals surface area (Å²) in [6, 6.07) is 37.0. The fourth-order valence-corrected chi connectivity index (χ4v) is 6.47. The van der Waals surface area contributed by atoms with Crippen LogP contribution >= 0.6 is 0 Å². The van der Waals surface area contributed by atoms with Crippen LogP contribution < -0.4 is 0 Å². The van der Waals surface area contributed by atoms with Crippen LogP contribution in [0, 0.1) is 0 Å². The summed E-state index contributed by atoms with van der Waals surface area (Å²) in [6.07, 6.45) is 6.46. The number of carbonyl (C=O) groups is 1. The average Bonchev–Trinajstić information content (AvgIpc) is 3.20. The molecule has 57 heavy (non-hydrogen) atoms. The molecule has 0 unspecified atom stereocenters. The van der Waals surface area contributed by atoms with E-state index in [1.54, 1.807) is 127 Å². The van der Waals surface area contributed by atoms with Crippen LogP contribution in [-0.2, 0) is 20.2 Å². The lowest BCUT2D eigenvalue weighted by Gasteiger charge is -2.04. The second kappa shape index (κ2) is 17.6. The van der Waals surface area contributed by atoms with Gasteiger partial charge in [0.05, 0.1) is 39.7 Å². The maximum Gasteiger partial charge on any atom is 0.335 e. The van der Waals surface area contributed by atoms with E-state index in [0.717, 1.165) is 11.1 Å². The van der Waals surface area contributed by atoms with Gasteiger partial charge in [0.2, 0.25) is 0 Å². The maximum atomic E-state index is 12.3. The Bertz CT molecular complexity index is 2790. The molecule has 6 aromatic rings. The number of carboxylic acids is 1. The first-order valence-corrected chi connectivity index (χ1v) is 19.6. The number of aromatic carboxylic acids is 1. The van der Waals surface area contributed by atoms with Gasteiger partial charge in [0.25, 0.3) is 20.2 Å². The van der Waals surface area contributed by atoms with E-state index in [1.165, 1.54) is 36.4 Å². The third-order valence-electron chi connectivity index (χ3n) is 7.98. The Labute approximate surface area is 327 Å². The van der Waals surface area contributed by atoms with Gasteiger partial charge < -0.3 is 5.11 Å². The third-order valence-corrected chi connectivity index (χ3v) is 9.81. The lowest BCUT2D eigenvalue weighted by molar-refractivity contribution is 0.0696. The van der Waals surface area contributed by atoms with Crippen molar-refractivity contribution in [2.75, 3.05) is 0 Å². The van der Waals surface area contributed by atoms with E-state index >= 15 is 0 Å². The second-order valence-electron chi connectivity index (χ2n) is 12.0.